The van der Waals surface area contributed by atoms with Gasteiger partial charge in [-0.25, -0.2) is 0 Å². The number of rotatable bonds is 0. The second-order valence-electron chi connectivity index (χ2n) is 0.513. The van der Waals surface area contributed by atoms with Crippen molar-refractivity contribution in [2.75, 3.05) is 0 Å². The maximum atomic E-state index is 7.56. The van der Waals surface area contributed by atoms with Crippen LogP contribution in [0.25, 0.3) is 0 Å². The fraction of sp³-hybridized carbons (Fsp3) is 0. The molecule has 0 bridgehead atoms. The SMILES string of the molecule is OP(O)(O)=S.[Na]. The molecule has 0 unspecified atom stereocenters. The zero-order chi connectivity index (χ0) is 4.50. The first kappa shape index (κ1) is 10.5. The Balaban J connectivity index is 0. The summed E-state index contributed by atoms with van der Waals surface area (Å²) in [6.45, 7) is -3.81. The molecule has 0 aromatic carbocycles. The molecule has 0 aliphatic rings. The predicted molar refractivity (Wildman–Crippen MR) is 26.7 cm³/mol. The summed E-state index contributed by atoms with van der Waals surface area (Å²) in [5.41, 5.74) is 0. The van der Waals surface area contributed by atoms with Crippen molar-refractivity contribution < 1.29 is 14.7 Å². The Morgan fingerprint density at radius 3 is 1.17 bits per heavy atom. The van der Waals surface area contributed by atoms with Crippen molar-refractivity contribution in [3.63, 3.8) is 0 Å². The van der Waals surface area contributed by atoms with Gasteiger partial charge in [0, 0.05) is 29.6 Å². The first-order valence-corrected chi connectivity index (χ1v) is 3.44. The van der Waals surface area contributed by atoms with Crippen LogP contribution in [0.15, 0.2) is 0 Å². The van der Waals surface area contributed by atoms with Gasteiger partial charge in [0.05, 0.1) is 0 Å². The average molecular weight is 137 g/mol. The largest absolute Gasteiger partial charge is 0.325 e. The minimum Gasteiger partial charge on any atom is -0.325 e. The second kappa shape index (κ2) is 3.52. The van der Waals surface area contributed by atoms with E-state index in [2.05, 4.69) is 11.8 Å². The molecule has 0 aliphatic heterocycles. The van der Waals surface area contributed by atoms with Crippen molar-refractivity contribution in [3.05, 3.63) is 0 Å². The van der Waals surface area contributed by atoms with Crippen LogP contribution < -0.4 is 0 Å². The third-order valence-electron chi connectivity index (χ3n) is 0. The van der Waals surface area contributed by atoms with Gasteiger partial charge in [-0.15, -0.1) is 0 Å². The number of hydrogen-bond donors (Lipinski definition) is 3. The van der Waals surface area contributed by atoms with Gasteiger partial charge in [-0.05, 0) is 11.8 Å². The molecule has 0 aliphatic carbocycles. The van der Waals surface area contributed by atoms with Crippen LogP contribution in [0.5, 0.6) is 0 Å². The molecule has 0 amide bonds. The summed E-state index contributed by atoms with van der Waals surface area (Å²) >= 11 is 3.60. The molecule has 0 saturated carbocycles. The molecule has 0 fully saturated rings. The Morgan fingerprint density at radius 1 is 1.17 bits per heavy atom. The molecular formula is H3NaO3PS. The van der Waals surface area contributed by atoms with Gasteiger partial charge in [0.1, 0.15) is 0 Å². The molecule has 0 heterocycles. The normalized spacial score (nSPS) is 9.83. The molecule has 6 heteroatoms. The van der Waals surface area contributed by atoms with Crippen molar-refractivity contribution in [1.29, 1.82) is 0 Å². The van der Waals surface area contributed by atoms with Crippen LogP contribution >= 0.6 is 6.72 Å². The van der Waals surface area contributed by atoms with E-state index in [-0.39, 0.29) is 29.6 Å². The van der Waals surface area contributed by atoms with Gasteiger partial charge in [-0.3, -0.25) is 0 Å². The van der Waals surface area contributed by atoms with Gasteiger partial charge in [0.25, 0.3) is 0 Å². The molecule has 0 spiro atoms. The molecule has 1 radical (unpaired) electrons. The van der Waals surface area contributed by atoms with Crippen molar-refractivity contribution in [2.24, 2.45) is 0 Å². The van der Waals surface area contributed by atoms with E-state index in [1.54, 1.807) is 0 Å². The topological polar surface area (TPSA) is 60.7 Å². The van der Waals surface area contributed by atoms with Gasteiger partial charge < -0.3 is 14.7 Å². The Kier molecular flexibility index (Phi) is 6.16. The van der Waals surface area contributed by atoms with Crippen LogP contribution in [-0.2, 0) is 11.8 Å². The average Bonchev–Trinajstić information content (AvgIpc) is 0.722. The van der Waals surface area contributed by atoms with Gasteiger partial charge in [-0.1, -0.05) is 0 Å². The smallest absolute Gasteiger partial charge is 0.319 e. The van der Waals surface area contributed by atoms with Crippen molar-refractivity contribution in [1.82, 2.24) is 0 Å². The molecule has 3 N–H and O–H groups in total. The maximum Gasteiger partial charge on any atom is 0.319 e. The van der Waals surface area contributed by atoms with Gasteiger partial charge in [0.2, 0.25) is 0 Å². The Labute approximate surface area is 62.6 Å². The molecule has 3 nitrogen and oxygen atoms in total. The number of hydrogen-bond acceptors (Lipinski definition) is 1. The Morgan fingerprint density at radius 2 is 1.17 bits per heavy atom. The summed E-state index contributed by atoms with van der Waals surface area (Å²) in [7, 11) is 0. The minimum absolute atomic E-state index is 0. The van der Waals surface area contributed by atoms with E-state index >= 15 is 0 Å². The van der Waals surface area contributed by atoms with Crippen LogP contribution in [0.1, 0.15) is 0 Å². The molecular weight excluding hydrogens is 134 g/mol. The summed E-state index contributed by atoms with van der Waals surface area (Å²) in [5, 5.41) is 0. The minimum atomic E-state index is -3.81. The molecule has 0 aromatic rings. The van der Waals surface area contributed by atoms with E-state index in [4.69, 9.17) is 14.7 Å². The monoisotopic (exact) mass is 137 g/mol. The van der Waals surface area contributed by atoms with Gasteiger partial charge >= 0.3 is 6.72 Å². The molecule has 0 rings (SSSR count). The summed E-state index contributed by atoms with van der Waals surface area (Å²) < 4.78 is 0. The predicted octanol–water partition coefficient (Wildman–Crippen LogP) is -1.19. The van der Waals surface area contributed by atoms with Crippen LogP contribution in [0.4, 0.5) is 0 Å². The third kappa shape index (κ3) is 48.5. The quantitative estimate of drug-likeness (QED) is 0.290. The van der Waals surface area contributed by atoms with Crippen LogP contribution in [0, 0.1) is 0 Å². The summed E-state index contributed by atoms with van der Waals surface area (Å²) in [6.07, 6.45) is 0. The van der Waals surface area contributed by atoms with E-state index in [1.165, 1.54) is 0 Å². The first-order valence-electron chi connectivity index (χ1n) is 0.783. The third-order valence-corrected chi connectivity index (χ3v) is 0. The summed E-state index contributed by atoms with van der Waals surface area (Å²) in [4.78, 5) is 22.7. The van der Waals surface area contributed by atoms with Crippen LogP contribution in [0.2, 0.25) is 0 Å². The van der Waals surface area contributed by atoms with E-state index < -0.39 is 6.72 Å². The first-order chi connectivity index (χ1) is 2.00. The Hall–Kier alpha value is 1.53. The van der Waals surface area contributed by atoms with Gasteiger partial charge in [-0.2, -0.15) is 0 Å². The van der Waals surface area contributed by atoms with E-state index in [0.29, 0.717) is 0 Å². The van der Waals surface area contributed by atoms with Crippen molar-refractivity contribution >= 4 is 48.1 Å². The molecule has 0 atom stereocenters. The van der Waals surface area contributed by atoms with Crippen molar-refractivity contribution in [2.45, 2.75) is 0 Å². The Bertz CT molecular complexity index is 56.9. The van der Waals surface area contributed by atoms with Gasteiger partial charge in [0.15, 0.2) is 0 Å². The van der Waals surface area contributed by atoms with Crippen LogP contribution in [0.3, 0.4) is 0 Å². The van der Waals surface area contributed by atoms with Crippen LogP contribution in [-0.4, -0.2) is 44.2 Å². The molecule has 0 aromatic heterocycles. The zero-order valence-electron chi connectivity index (χ0n) is 3.20. The fourth-order valence-electron chi connectivity index (χ4n) is 0. The summed E-state index contributed by atoms with van der Waals surface area (Å²) in [5.74, 6) is 0. The molecule has 0 saturated heterocycles. The van der Waals surface area contributed by atoms with E-state index in [9.17, 15) is 0 Å². The zero-order valence-corrected chi connectivity index (χ0v) is 6.91. The second-order valence-corrected chi connectivity index (χ2v) is 3.01. The van der Waals surface area contributed by atoms with Crippen molar-refractivity contribution in [3.8, 4) is 0 Å². The maximum absolute atomic E-state index is 7.56. The summed E-state index contributed by atoms with van der Waals surface area (Å²) in [6, 6.07) is 0. The van der Waals surface area contributed by atoms with E-state index in [1.807, 2.05) is 0 Å². The fourth-order valence-corrected chi connectivity index (χ4v) is 0. The van der Waals surface area contributed by atoms with E-state index in [0.717, 1.165) is 0 Å². The molecule has 33 valence electrons. The standard InChI is InChI=1S/Na.H3O3PS/c;1-4(2,3)5/h;(H3,1,2,3,5). The molecule has 6 heavy (non-hydrogen) atoms.